The molecule has 0 radical (unpaired) electrons. The highest BCUT2D eigenvalue weighted by molar-refractivity contribution is 6.58. The van der Waals surface area contributed by atoms with E-state index in [4.69, 9.17) is 15.5 Å². The van der Waals surface area contributed by atoms with Crippen LogP contribution < -0.4 is 5.46 Å². The molecule has 1 aromatic carbocycles. The fourth-order valence-corrected chi connectivity index (χ4v) is 0.655. The highest BCUT2D eigenvalue weighted by Gasteiger charge is 2.11. The predicted octanol–water partition coefficient (Wildman–Crippen LogP) is -0.847. The lowest BCUT2D eigenvalue weighted by atomic mass is 9.80. The van der Waals surface area contributed by atoms with Crippen molar-refractivity contribution < 1.29 is 25.1 Å². The van der Waals surface area contributed by atoms with Gasteiger partial charge in [-0.3, -0.25) is 0 Å². The molecule has 0 heterocycles. The third-order valence-corrected chi connectivity index (χ3v) is 1.29. The van der Waals surface area contributed by atoms with Crippen LogP contribution in [0.25, 0.3) is 0 Å². The van der Waals surface area contributed by atoms with Crippen molar-refractivity contribution in [2.24, 2.45) is 0 Å². The normalized spacial score (nSPS) is 13.8. The molecule has 0 saturated carbocycles. The van der Waals surface area contributed by atoms with Crippen LogP contribution in [0.1, 0.15) is 15.8 Å². The largest absolute Gasteiger partial charge is 0.488 e. The Labute approximate surface area is 81.5 Å². The lowest BCUT2D eigenvalue weighted by Crippen LogP contribution is -2.29. The predicted molar refractivity (Wildman–Crippen MR) is 47.6 cm³/mol. The standard InChI is InChI=1S/C8H9BO4/c1-13-8(10)6-2-4-7(5-3-6)9(11)12/h2-5,11-12H,1H3/i2D,3D,4D,5D. The summed E-state index contributed by atoms with van der Waals surface area (Å²) < 4.78 is 34.2. The van der Waals surface area contributed by atoms with E-state index in [1.165, 1.54) is 0 Å². The van der Waals surface area contributed by atoms with Gasteiger partial charge in [-0.2, -0.15) is 0 Å². The van der Waals surface area contributed by atoms with Gasteiger partial charge in [0.2, 0.25) is 0 Å². The molecule has 0 aliphatic heterocycles. The van der Waals surface area contributed by atoms with Crippen LogP contribution in [0.4, 0.5) is 0 Å². The molecule has 1 aromatic rings. The molecular formula is C8H9BO4. The van der Waals surface area contributed by atoms with E-state index in [2.05, 4.69) is 4.74 Å². The fraction of sp³-hybridized carbons (Fsp3) is 0.125. The van der Waals surface area contributed by atoms with E-state index in [-0.39, 0.29) is 0 Å². The van der Waals surface area contributed by atoms with E-state index >= 15 is 0 Å². The van der Waals surface area contributed by atoms with E-state index in [0.717, 1.165) is 7.11 Å². The molecule has 0 unspecified atom stereocenters. The topological polar surface area (TPSA) is 66.8 Å². The van der Waals surface area contributed by atoms with Crippen molar-refractivity contribution in [2.75, 3.05) is 7.11 Å². The number of benzene rings is 1. The molecule has 0 atom stereocenters. The quantitative estimate of drug-likeness (QED) is 0.464. The van der Waals surface area contributed by atoms with Gasteiger partial charge in [0.05, 0.1) is 18.2 Å². The van der Waals surface area contributed by atoms with Gasteiger partial charge in [0.25, 0.3) is 0 Å². The van der Waals surface area contributed by atoms with Crippen molar-refractivity contribution in [3.8, 4) is 0 Å². The van der Waals surface area contributed by atoms with Gasteiger partial charge < -0.3 is 14.8 Å². The van der Waals surface area contributed by atoms with Crippen LogP contribution >= 0.6 is 0 Å². The number of ether oxygens (including phenoxy) is 1. The first-order valence-electron chi connectivity index (χ1n) is 5.37. The average molecular weight is 184 g/mol. The van der Waals surface area contributed by atoms with Crippen LogP contribution in [0.5, 0.6) is 0 Å². The number of hydrogen-bond acceptors (Lipinski definition) is 4. The molecule has 0 fully saturated rings. The third kappa shape index (κ3) is 2.30. The number of rotatable bonds is 2. The molecule has 1 rings (SSSR count). The Morgan fingerprint density at radius 3 is 2.38 bits per heavy atom. The zero-order valence-corrected chi connectivity index (χ0v) is 6.79. The summed E-state index contributed by atoms with van der Waals surface area (Å²) in [5.74, 6) is -1.01. The molecule has 2 N–H and O–H groups in total. The minimum atomic E-state index is -2.14. The van der Waals surface area contributed by atoms with Crippen molar-refractivity contribution in [3.05, 3.63) is 29.7 Å². The zero-order valence-electron chi connectivity index (χ0n) is 10.8. The van der Waals surface area contributed by atoms with Gasteiger partial charge in [-0.25, -0.2) is 4.79 Å². The summed E-state index contributed by atoms with van der Waals surface area (Å²) in [6, 6.07) is -2.69. The number of carbonyl (C=O) groups is 1. The molecule has 0 bridgehead atoms. The summed E-state index contributed by atoms with van der Waals surface area (Å²) in [6.07, 6.45) is 0. The van der Waals surface area contributed by atoms with Crippen molar-refractivity contribution in [2.45, 2.75) is 0 Å². The van der Waals surface area contributed by atoms with E-state index in [0.29, 0.717) is 0 Å². The fourth-order valence-electron chi connectivity index (χ4n) is 0.655. The van der Waals surface area contributed by atoms with Gasteiger partial charge in [0.15, 0.2) is 0 Å². The van der Waals surface area contributed by atoms with Crippen molar-refractivity contribution >= 4 is 18.6 Å². The van der Waals surface area contributed by atoms with Crippen molar-refractivity contribution in [1.82, 2.24) is 0 Å². The maximum atomic E-state index is 11.3. The van der Waals surface area contributed by atoms with Gasteiger partial charge in [-0.05, 0) is 17.5 Å². The summed E-state index contributed by atoms with van der Waals surface area (Å²) in [5.41, 5.74) is -1.11. The number of carbonyl (C=O) groups excluding carboxylic acids is 1. The summed E-state index contributed by atoms with van der Waals surface area (Å²) in [4.78, 5) is 11.3. The molecule has 0 saturated heterocycles. The van der Waals surface area contributed by atoms with Crippen molar-refractivity contribution in [1.29, 1.82) is 0 Å². The van der Waals surface area contributed by atoms with Crippen LogP contribution in [0.15, 0.2) is 24.2 Å². The molecule has 0 aliphatic rings. The number of esters is 1. The zero-order chi connectivity index (χ0) is 13.3. The summed E-state index contributed by atoms with van der Waals surface area (Å²) in [6.45, 7) is 0. The third-order valence-electron chi connectivity index (χ3n) is 1.29. The van der Waals surface area contributed by atoms with Gasteiger partial charge >= 0.3 is 13.1 Å². The average Bonchev–Trinajstić information content (AvgIpc) is 2.26. The Morgan fingerprint density at radius 1 is 1.46 bits per heavy atom. The Balaban J connectivity index is 3.64. The number of hydrogen-bond donors (Lipinski definition) is 2. The van der Waals surface area contributed by atoms with Gasteiger partial charge in [0.1, 0.15) is 0 Å². The highest BCUT2D eigenvalue weighted by atomic mass is 16.5. The maximum absolute atomic E-state index is 11.3. The molecule has 0 amide bonds. The van der Waals surface area contributed by atoms with E-state index in [1.807, 2.05) is 0 Å². The van der Waals surface area contributed by atoms with Crippen LogP contribution in [-0.2, 0) is 4.74 Å². The van der Waals surface area contributed by atoms with Crippen molar-refractivity contribution in [3.63, 3.8) is 0 Å². The lowest BCUT2D eigenvalue weighted by Gasteiger charge is -2.01. The number of methoxy groups -OCH3 is 1. The Hall–Kier alpha value is -1.33. The van der Waals surface area contributed by atoms with Crippen LogP contribution in [0.3, 0.4) is 0 Å². The smallest absolute Gasteiger partial charge is 0.465 e. The van der Waals surface area contributed by atoms with E-state index in [9.17, 15) is 4.79 Å². The van der Waals surface area contributed by atoms with Crippen LogP contribution in [0.2, 0.25) is 0 Å². The van der Waals surface area contributed by atoms with Gasteiger partial charge in [-0.15, -0.1) is 0 Å². The summed E-state index contributed by atoms with van der Waals surface area (Å²) in [5, 5.41) is 17.9. The monoisotopic (exact) mass is 184 g/mol. The van der Waals surface area contributed by atoms with E-state index in [1.54, 1.807) is 0 Å². The molecule has 68 valence electrons. The first-order chi connectivity index (χ1) is 7.82. The van der Waals surface area contributed by atoms with Gasteiger partial charge in [0, 0.05) is 0 Å². The molecule has 0 aromatic heterocycles. The maximum Gasteiger partial charge on any atom is 0.488 e. The molecule has 0 spiro atoms. The second kappa shape index (κ2) is 4.07. The molecule has 4 nitrogen and oxygen atoms in total. The Kier molecular flexibility index (Phi) is 1.69. The first-order valence-corrected chi connectivity index (χ1v) is 3.37. The molecular weight excluding hydrogens is 171 g/mol. The molecule has 5 heteroatoms. The van der Waals surface area contributed by atoms with Crippen LogP contribution in [0, 0.1) is 0 Å². The second-order valence-electron chi connectivity index (χ2n) is 2.15. The molecule has 0 aliphatic carbocycles. The Morgan fingerprint density at radius 2 is 2.00 bits per heavy atom. The first kappa shape index (κ1) is 5.41. The minimum absolute atomic E-state index is 0.535. The highest BCUT2D eigenvalue weighted by Crippen LogP contribution is 1.98. The van der Waals surface area contributed by atoms with E-state index < -0.39 is 48.3 Å². The summed E-state index contributed by atoms with van der Waals surface area (Å²) in [7, 11) is -1.10. The Bertz CT molecular complexity index is 448. The SMILES string of the molecule is [2H]c1c([2H])c(C(=O)OC)c([2H])c([2H])c1B(O)O. The van der Waals surface area contributed by atoms with Gasteiger partial charge in [-0.1, -0.05) is 12.1 Å². The van der Waals surface area contributed by atoms with Crippen LogP contribution in [-0.4, -0.2) is 30.2 Å². The second-order valence-corrected chi connectivity index (χ2v) is 2.15. The minimum Gasteiger partial charge on any atom is -0.465 e. The molecule has 13 heavy (non-hydrogen) atoms. The summed E-state index contributed by atoms with van der Waals surface area (Å²) >= 11 is 0. The lowest BCUT2D eigenvalue weighted by molar-refractivity contribution is 0.0600.